The number of rotatable bonds is 0. The van der Waals surface area contributed by atoms with Gasteiger partial charge in [-0.25, -0.2) is 0 Å². The van der Waals surface area contributed by atoms with Crippen molar-refractivity contribution in [3.05, 3.63) is 12.2 Å². The molecule has 1 aliphatic rings. The molecular formula is C4H3NO3Zn. The first-order valence-electron chi connectivity index (χ1n) is 2.11. The van der Waals surface area contributed by atoms with Gasteiger partial charge in [-0.15, -0.1) is 0 Å². The van der Waals surface area contributed by atoms with Crippen molar-refractivity contribution in [1.29, 1.82) is 0 Å². The maximum absolute atomic E-state index is 10.0. The number of amides is 2. The van der Waals surface area contributed by atoms with E-state index in [1.807, 2.05) is 5.32 Å². The van der Waals surface area contributed by atoms with E-state index in [1.54, 1.807) is 0 Å². The third-order valence-electron chi connectivity index (χ3n) is 0.632. The summed E-state index contributed by atoms with van der Waals surface area (Å²) in [6.45, 7) is 0. The molecule has 0 spiro atoms. The summed E-state index contributed by atoms with van der Waals surface area (Å²) in [7, 11) is 0. The molecule has 0 aliphatic carbocycles. The molecule has 0 atom stereocenters. The fourth-order valence-corrected chi connectivity index (χ4v) is 0.356. The van der Waals surface area contributed by atoms with Crippen LogP contribution in [0.1, 0.15) is 0 Å². The van der Waals surface area contributed by atoms with E-state index in [9.17, 15) is 9.59 Å². The van der Waals surface area contributed by atoms with Crippen LogP contribution in [0.2, 0.25) is 0 Å². The molecule has 1 aliphatic heterocycles. The summed E-state index contributed by atoms with van der Waals surface area (Å²) in [6, 6.07) is 0. The van der Waals surface area contributed by atoms with Crippen molar-refractivity contribution in [1.82, 2.24) is 5.32 Å². The Morgan fingerprint density at radius 1 is 1.11 bits per heavy atom. The van der Waals surface area contributed by atoms with Crippen molar-refractivity contribution < 1.29 is 31.4 Å². The summed E-state index contributed by atoms with van der Waals surface area (Å²) in [4.78, 5) is 20.1. The van der Waals surface area contributed by atoms with Gasteiger partial charge in [0.1, 0.15) is 0 Å². The Morgan fingerprint density at radius 2 is 1.44 bits per heavy atom. The predicted octanol–water partition coefficient (Wildman–Crippen LogP) is -0.922. The van der Waals surface area contributed by atoms with E-state index < -0.39 is 0 Å². The van der Waals surface area contributed by atoms with Crippen LogP contribution in [0.5, 0.6) is 0 Å². The van der Waals surface area contributed by atoms with Gasteiger partial charge in [0.05, 0.1) is 0 Å². The molecule has 0 fully saturated rings. The zero-order valence-corrected chi connectivity index (χ0v) is 7.55. The molecule has 1 N–H and O–H groups in total. The molecule has 0 saturated heterocycles. The second kappa shape index (κ2) is 4.21. The zero-order chi connectivity index (χ0) is 7.28. The SMILES string of the molecule is O=C1C=CC(=O)N1.[O]=[Zn]. The molecular weight excluding hydrogens is 175 g/mol. The second-order valence-electron chi connectivity index (χ2n) is 1.19. The minimum atomic E-state index is -0.329. The van der Waals surface area contributed by atoms with Crippen molar-refractivity contribution in [2.45, 2.75) is 0 Å². The topological polar surface area (TPSA) is 63.2 Å². The maximum atomic E-state index is 10.0. The molecule has 0 bridgehead atoms. The predicted molar refractivity (Wildman–Crippen MR) is 23.0 cm³/mol. The average molecular weight is 178 g/mol. The van der Waals surface area contributed by atoms with Crippen molar-refractivity contribution in [2.75, 3.05) is 0 Å². The van der Waals surface area contributed by atoms with Crippen LogP contribution in [-0.4, -0.2) is 11.8 Å². The molecule has 44 valence electrons. The van der Waals surface area contributed by atoms with Gasteiger partial charge in [-0.3, -0.25) is 14.9 Å². The summed E-state index contributed by atoms with van der Waals surface area (Å²) in [5.74, 6) is -0.657. The fraction of sp³-hybridized carbons (Fsp3) is 0. The van der Waals surface area contributed by atoms with Gasteiger partial charge in [-0.05, 0) is 0 Å². The fourth-order valence-electron chi connectivity index (χ4n) is 0.356. The molecule has 0 aromatic rings. The van der Waals surface area contributed by atoms with Gasteiger partial charge in [0.2, 0.25) is 0 Å². The standard InChI is InChI=1S/C4H3NO2.O.Zn/c6-3-1-2-4(7)5-3;;/h1-2H,(H,5,6,7);;. The Bertz CT molecular complexity index is 149. The van der Waals surface area contributed by atoms with Crippen molar-refractivity contribution in [3.8, 4) is 0 Å². The molecule has 4 nitrogen and oxygen atoms in total. The van der Waals surface area contributed by atoms with Crippen LogP contribution in [0.15, 0.2) is 12.2 Å². The van der Waals surface area contributed by atoms with Gasteiger partial charge in [-0.2, -0.15) is 0 Å². The number of carbonyl (C=O) groups excluding carboxylic acids is 2. The average Bonchev–Trinajstić information content (AvgIpc) is 2.20. The second-order valence-corrected chi connectivity index (χ2v) is 1.19. The van der Waals surface area contributed by atoms with Crippen LogP contribution in [0.4, 0.5) is 0 Å². The van der Waals surface area contributed by atoms with Gasteiger partial charge in [0.25, 0.3) is 11.8 Å². The van der Waals surface area contributed by atoms with Crippen LogP contribution in [0.25, 0.3) is 0 Å². The Balaban J connectivity index is 0.000000291. The summed E-state index contributed by atoms with van der Waals surface area (Å²) in [5, 5.41) is 2.03. The van der Waals surface area contributed by atoms with E-state index in [0.717, 1.165) is 0 Å². The van der Waals surface area contributed by atoms with Gasteiger partial charge in [0.15, 0.2) is 0 Å². The monoisotopic (exact) mass is 177 g/mol. The van der Waals surface area contributed by atoms with Gasteiger partial charge in [-0.1, -0.05) is 0 Å². The van der Waals surface area contributed by atoms with E-state index in [-0.39, 0.29) is 30.1 Å². The summed E-state index contributed by atoms with van der Waals surface area (Å²) < 4.78 is 8.38. The summed E-state index contributed by atoms with van der Waals surface area (Å²) in [6.07, 6.45) is 2.39. The van der Waals surface area contributed by atoms with E-state index >= 15 is 0 Å². The first kappa shape index (κ1) is 8.30. The van der Waals surface area contributed by atoms with Gasteiger partial charge < -0.3 is 0 Å². The minimum absolute atomic E-state index is 0.125. The Hall–Kier alpha value is -0.697. The van der Waals surface area contributed by atoms with Gasteiger partial charge in [0, 0.05) is 12.2 Å². The van der Waals surface area contributed by atoms with Crippen molar-refractivity contribution in [3.63, 3.8) is 0 Å². The Labute approximate surface area is 61.2 Å². The molecule has 0 radical (unpaired) electrons. The molecule has 5 heteroatoms. The molecule has 1 rings (SSSR count). The van der Waals surface area contributed by atoms with E-state index in [4.69, 9.17) is 3.57 Å². The van der Waals surface area contributed by atoms with Gasteiger partial charge >= 0.3 is 21.8 Å². The number of carbonyl (C=O) groups is 2. The molecule has 1 heterocycles. The van der Waals surface area contributed by atoms with Crippen LogP contribution in [0.3, 0.4) is 0 Å². The molecule has 0 aromatic heterocycles. The van der Waals surface area contributed by atoms with Crippen molar-refractivity contribution >= 4 is 11.8 Å². The molecule has 0 aromatic carbocycles. The molecule has 2 amide bonds. The van der Waals surface area contributed by atoms with Crippen LogP contribution in [0, 0.1) is 0 Å². The van der Waals surface area contributed by atoms with Crippen molar-refractivity contribution in [2.24, 2.45) is 0 Å². The van der Waals surface area contributed by atoms with E-state index in [2.05, 4.69) is 0 Å². The number of hydrogen-bond donors (Lipinski definition) is 1. The first-order valence-corrected chi connectivity index (χ1v) is 3.32. The quantitative estimate of drug-likeness (QED) is 0.385. The third-order valence-corrected chi connectivity index (χ3v) is 0.632. The molecule has 0 saturated carbocycles. The Kier molecular flexibility index (Phi) is 3.88. The Morgan fingerprint density at radius 3 is 1.56 bits per heavy atom. The number of imide groups is 1. The third kappa shape index (κ3) is 2.98. The van der Waals surface area contributed by atoms with E-state index in [0.29, 0.717) is 0 Å². The first-order chi connectivity index (χ1) is 4.29. The van der Waals surface area contributed by atoms with Crippen LogP contribution in [-0.2, 0) is 31.4 Å². The normalized spacial score (nSPS) is 14.4. The zero-order valence-electron chi connectivity index (χ0n) is 4.59. The number of nitrogens with one attached hydrogen (secondary N) is 1. The van der Waals surface area contributed by atoms with Crippen LogP contribution >= 0.6 is 0 Å². The summed E-state index contributed by atoms with van der Waals surface area (Å²) >= 11 is 0.125. The summed E-state index contributed by atoms with van der Waals surface area (Å²) in [5.41, 5.74) is 0. The number of hydrogen-bond acceptors (Lipinski definition) is 3. The molecule has 0 unspecified atom stereocenters. The van der Waals surface area contributed by atoms with Crippen LogP contribution < -0.4 is 5.32 Å². The molecule has 9 heavy (non-hydrogen) atoms. The van der Waals surface area contributed by atoms with E-state index in [1.165, 1.54) is 12.2 Å².